The van der Waals surface area contributed by atoms with E-state index in [4.69, 9.17) is 5.11 Å². The van der Waals surface area contributed by atoms with E-state index < -0.39 is 0 Å². The van der Waals surface area contributed by atoms with Gasteiger partial charge in [0, 0.05) is 17.3 Å². The molecular weight excluding hydrogens is 184 g/mol. The molecule has 13 heavy (non-hydrogen) atoms. The van der Waals surface area contributed by atoms with Gasteiger partial charge >= 0.3 is 0 Å². The van der Waals surface area contributed by atoms with Gasteiger partial charge in [0.2, 0.25) is 0 Å². The van der Waals surface area contributed by atoms with Crippen molar-refractivity contribution in [1.29, 1.82) is 0 Å². The van der Waals surface area contributed by atoms with Crippen molar-refractivity contribution in [2.75, 3.05) is 12.4 Å². The number of thioether (sulfide) groups is 1. The minimum atomic E-state index is 0.195. The van der Waals surface area contributed by atoms with Crippen LogP contribution in [0.2, 0.25) is 0 Å². The van der Waals surface area contributed by atoms with Gasteiger partial charge in [0.15, 0.2) is 0 Å². The topological polar surface area (TPSA) is 40.5 Å². The number of aromatic hydroxyl groups is 1. The fourth-order valence-electron chi connectivity index (χ4n) is 0.864. The number of aliphatic hydroxyl groups excluding tert-OH is 1. The standard InChI is InChI=1S/C10H14O2S/c1-8(6-11)7-13-10-5-3-2-4-9(10)12/h2-5,8,11-12H,6-7H2,1H3. The average Bonchev–Trinajstić information content (AvgIpc) is 2.16. The molecule has 1 aromatic rings. The third-order valence-corrected chi connectivity index (χ3v) is 3.09. The fraction of sp³-hybridized carbons (Fsp3) is 0.400. The van der Waals surface area contributed by atoms with Gasteiger partial charge in [-0.2, -0.15) is 0 Å². The molecule has 0 aliphatic heterocycles. The Morgan fingerprint density at radius 1 is 1.38 bits per heavy atom. The van der Waals surface area contributed by atoms with Crippen molar-refractivity contribution in [1.82, 2.24) is 0 Å². The van der Waals surface area contributed by atoms with E-state index in [1.807, 2.05) is 19.1 Å². The largest absolute Gasteiger partial charge is 0.507 e. The highest BCUT2D eigenvalue weighted by Gasteiger charge is 2.03. The van der Waals surface area contributed by atoms with Crippen LogP contribution in [-0.4, -0.2) is 22.6 Å². The van der Waals surface area contributed by atoms with Gasteiger partial charge in [-0.05, 0) is 18.1 Å². The minimum absolute atomic E-state index is 0.195. The fourth-order valence-corrected chi connectivity index (χ4v) is 1.82. The molecule has 0 amide bonds. The second kappa shape index (κ2) is 5.14. The number of aliphatic hydroxyl groups is 1. The Labute approximate surface area is 82.6 Å². The molecule has 0 radical (unpaired) electrons. The molecule has 3 heteroatoms. The lowest BCUT2D eigenvalue weighted by Crippen LogP contribution is -2.02. The van der Waals surface area contributed by atoms with Gasteiger partial charge < -0.3 is 10.2 Å². The quantitative estimate of drug-likeness (QED) is 0.728. The van der Waals surface area contributed by atoms with Crippen molar-refractivity contribution < 1.29 is 10.2 Å². The van der Waals surface area contributed by atoms with Gasteiger partial charge in [0.1, 0.15) is 5.75 Å². The Hall–Kier alpha value is -0.670. The Morgan fingerprint density at radius 3 is 2.69 bits per heavy atom. The molecule has 0 aliphatic carbocycles. The zero-order valence-electron chi connectivity index (χ0n) is 7.60. The van der Waals surface area contributed by atoms with Gasteiger partial charge in [0.25, 0.3) is 0 Å². The van der Waals surface area contributed by atoms with Crippen LogP contribution in [0.25, 0.3) is 0 Å². The predicted octanol–water partition coefficient (Wildman–Crippen LogP) is 2.11. The molecule has 2 N–H and O–H groups in total. The summed E-state index contributed by atoms with van der Waals surface area (Å²) in [5.74, 6) is 1.41. The van der Waals surface area contributed by atoms with Crippen molar-refractivity contribution >= 4 is 11.8 Å². The molecule has 1 rings (SSSR count). The summed E-state index contributed by atoms with van der Waals surface area (Å²) in [6, 6.07) is 7.25. The van der Waals surface area contributed by atoms with Gasteiger partial charge in [-0.1, -0.05) is 19.1 Å². The molecule has 1 unspecified atom stereocenters. The molecular formula is C10H14O2S. The van der Waals surface area contributed by atoms with Crippen LogP contribution in [0.15, 0.2) is 29.2 Å². The maximum atomic E-state index is 9.41. The van der Waals surface area contributed by atoms with Crippen LogP contribution >= 0.6 is 11.8 Å². The van der Waals surface area contributed by atoms with Gasteiger partial charge in [-0.3, -0.25) is 0 Å². The van der Waals surface area contributed by atoms with E-state index in [0.29, 0.717) is 5.75 Å². The molecule has 0 aromatic heterocycles. The molecule has 2 nitrogen and oxygen atoms in total. The van der Waals surface area contributed by atoms with E-state index in [9.17, 15) is 5.11 Å². The van der Waals surface area contributed by atoms with Gasteiger partial charge in [0.05, 0.1) is 0 Å². The number of hydrogen-bond donors (Lipinski definition) is 2. The lowest BCUT2D eigenvalue weighted by atomic mass is 10.2. The summed E-state index contributed by atoms with van der Waals surface area (Å²) in [5, 5.41) is 18.2. The maximum Gasteiger partial charge on any atom is 0.129 e. The highest BCUT2D eigenvalue weighted by molar-refractivity contribution is 7.99. The van der Waals surface area contributed by atoms with Crippen LogP contribution in [0.4, 0.5) is 0 Å². The van der Waals surface area contributed by atoms with Crippen molar-refractivity contribution in [2.45, 2.75) is 11.8 Å². The highest BCUT2D eigenvalue weighted by Crippen LogP contribution is 2.28. The summed E-state index contributed by atoms with van der Waals surface area (Å²) >= 11 is 1.57. The molecule has 0 bridgehead atoms. The first-order valence-electron chi connectivity index (χ1n) is 4.25. The summed E-state index contributed by atoms with van der Waals surface area (Å²) in [5.41, 5.74) is 0. The van der Waals surface area contributed by atoms with Crippen LogP contribution in [-0.2, 0) is 0 Å². The molecule has 0 saturated carbocycles. The van der Waals surface area contributed by atoms with Gasteiger partial charge in [-0.25, -0.2) is 0 Å². The number of rotatable bonds is 4. The van der Waals surface area contributed by atoms with Crippen LogP contribution in [0.1, 0.15) is 6.92 Å². The second-order valence-corrected chi connectivity index (χ2v) is 4.13. The molecule has 0 spiro atoms. The Morgan fingerprint density at radius 2 is 2.08 bits per heavy atom. The molecule has 1 aromatic carbocycles. The SMILES string of the molecule is CC(CO)CSc1ccccc1O. The van der Waals surface area contributed by atoms with Crippen molar-refractivity contribution in [2.24, 2.45) is 5.92 Å². The van der Waals surface area contributed by atoms with E-state index in [2.05, 4.69) is 0 Å². The van der Waals surface area contributed by atoms with Gasteiger partial charge in [-0.15, -0.1) is 11.8 Å². The van der Waals surface area contributed by atoms with E-state index in [1.165, 1.54) is 0 Å². The first-order chi connectivity index (χ1) is 6.24. The Bertz CT molecular complexity index is 263. The van der Waals surface area contributed by atoms with Crippen LogP contribution in [0.3, 0.4) is 0 Å². The smallest absolute Gasteiger partial charge is 0.129 e. The van der Waals surface area contributed by atoms with E-state index in [1.54, 1.807) is 23.9 Å². The summed E-state index contributed by atoms with van der Waals surface area (Å²) < 4.78 is 0. The summed E-state index contributed by atoms with van der Waals surface area (Å²) in [6.45, 7) is 2.17. The van der Waals surface area contributed by atoms with Crippen LogP contribution in [0.5, 0.6) is 5.75 Å². The number of para-hydroxylation sites is 1. The number of phenols is 1. The van der Waals surface area contributed by atoms with Crippen LogP contribution < -0.4 is 0 Å². The van der Waals surface area contributed by atoms with E-state index in [0.717, 1.165) is 10.6 Å². The molecule has 0 fully saturated rings. The van der Waals surface area contributed by atoms with E-state index in [-0.39, 0.29) is 12.5 Å². The van der Waals surface area contributed by atoms with Crippen LogP contribution in [0, 0.1) is 5.92 Å². The summed E-state index contributed by atoms with van der Waals surface area (Å²) in [6.07, 6.45) is 0. The van der Waals surface area contributed by atoms with Crippen molar-refractivity contribution in [3.8, 4) is 5.75 Å². The zero-order valence-corrected chi connectivity index (χ0v) is 8.42. The number of hydrogen-bond acceptors (Lipinski definition) is 3. The Balaban J connectivity index is 2.50. The lowest BCUT2D eigenvalue weighted by Gasteiger charge is -2.07. The second-order valence-electron chi connectivity index (χ2n) is 3.07. The molecule has 0 aliphatic rings. The molecule has 72 valence electrons. The average molecular weight is 198 g/mol. The molecule has 0 heterocycles. The minimum Gasteiger partial charge on any atom is -0.507 e. The maximum absolute atomic E-state index is 9.41. The molecule has 1 atom stereocenters. The van der Waals surface area contributed by atoms with Crippen molar-refractivity contribution in [3.05, 3.63) is 24.3 Å². The highest BCUT2D eigenvalue weighted by atomic mass is 32.2. The summed E-state index contributed by atoms with van der Waals surface area (Å²) in [4.78, 5) is 0.878. The Kier molecular flexibility index (Phi) is 4.12. The van der Waals surface area contributed by atoms with Crippen molar-refractivity contribution in [3.63, 3.8) is 0 Å². The lowest BCUT2D eigenvalue weighted by molar-refractivity contribution is 0.250. The number of benzene rings is 1. The summed E-state index contributed by atoms with van der Waals surface area (Å²) in [7, 11) is 0. The molecule has 0 saturated heterocycles. The first-order valence-corrected chi connectivity index (χ1v) is 5.24. The van der Waals surface area contributed by atoms with E-state index >= 15 is 0 Å². The normalized spacial score (nSPS) is 12.8. The third kappa shape index (κ3) is 3.28. The third-order valence-electron chi connectivity index (χ3n) is 1.70. The monoisotopic (exact) mass is 198 g/mol. The zero-order chi connectivity index (χ0) is 9.68. The number of phenolic OH excluding ortho intramolecular Hbond substituents is 1. The first kappa shape index (κ1) is 10.4. The predicted molar refractivity (Wildman–Crippen MR) is 55.1 cm³/mol.